The zero-order valence-electron chi connectivity index (χ0n) is 13.1. The molecule has 1 fully saturated rings. The van der Waals surface area contributed by atoms with Gasteiger partial charge in [0.25, 0.3) is 0 Å². The lowest BCUT2D eigenvalue weighted by molar-refractivity contribution is -0.0312. The van der Waals surface area contributed by atoms with Crippen LogP contribution in [0.4, 0.5) is 0 Å². The summed E-state index contributed by atoms with van der Waals surface area (Å²) < 4.78 is 6.20. The fourth-order valence-corrected chi connectivity index (χ4v) is 3.27. The van der Waals surface area contributed by atoms with Crippen LogP contribution in [0.15, 0.2) is 30.3 Å². The molecule has 3 heteroatoms. The Balaban J connectivity index is 2.08. The van der Waals surface area contributed by atoms with Crippen molar-refractivity contribution in [3.05, 3.63) is 35.9 Å². The minimum Gasteiger partial charge on any atom is -0.375 e. The summed E-state index contributed by atoms with van der Waals surface area (Å²) in [5.41, 5.74) is 0.218. The van der Waals surface area contributed by atoms with Crippen molar-refractivity contribution in [1.82, 2.24) is 5.32 Å². The zero-order chi connectivity index (χ0) is 15.1. The number of rotatable bonds is 6. The summed E-state index contributed by atoms with van der Waals surface area (Å²) >= 11 is 0. The molecule has 0 radical (unpaired) electrons. The lowest BCUT2D eigenvalue weighted by atomic mass is 9.84. The molecular formula is C18H26N2O. The molecule has 0 amide bonds. The van der Waals surface area contributed by atoms with E-state index in [9.17, 15) is 5.26 Å². The van der Waals surface area contributed by atoms with E-state index in [2.05, 4.69) is 18.3 Å². The van der Waals surface area contributed by atoms with Crippen molar-refractivity contribution in [3.8, 4) is 6.07 Å². The SMILES string of the molecule is CCC1CCCCC1OCC(C#N)(NC)c1ccccc1. The highest BCUT2D eigenvalue weighted by Crippen LogP contribution is 2.31. The maximum Gasteiger partial charge on any atom is 0.155 e. The lowest BCUT2D eigenvalue weighted by Gasteiger charge is -2.34. The second-order valence-corrected chi connectivity index (χ2v) is 5.94. The summed E-state index contributed by atoms with van der Waals surface area (Å²) in [5, 5.41) is 12.9. The van der Waals surface area contributed by atoms with Gasteiger partial charge in [-0.2, -0.15) is 5.26 Å². The molecule has 114 valence electrons. The van der Waals surface area contributed by atoms with Gasteiger partial charge in [-0.25, -0.2) is 0 Å². The summed E-state index contributed by atoms with van der Waals surface area (Å²) in [7, 11) is 1.83. The van der Waals surface area contributed by atoms with E-state index in [1.165, 1.54) is 19.3 Å². The van der Waals surface area contributed by atoms with Gasteiger partial charge in [0.1, 0.15) is 0 Å². The molecule has 0 heterocycles. The van der Waals surface area contributed by atoms with Crippen LogP contribution in [-0.2, 0) is 10.3 Å². The van der Waals surface area contributed by atoms with Crippen molar-refractivity contribution < 1.29 is 4.74 Å². The first-order valence-corrected chi connectivity index (χ1v) is 8.03. The Hall–Kier alpha value is -1.37. The molecular weight excluding hydrogens is 260 g/mol. The van der Waals surface area contributed by atoms with Crippen LogP contribution in [-0.4, -0.2) is 19.8 Å². The van der Waals surface area contributed by atoms with Crippen LogP contribution in [0.3, 0.4) is 0 Å². The molecule has 21 heavy (non-hydrogen) atoms. The van der Waals surface area contributed by atoms with Gasteiger partial charge < -0.3 is 4.74 Å². The van der Waals surface area contributed by atoms with E-state index in [0.29, 0.717) is 18.6 Å². The Bertz CT molecular complexity index is 468. The highest BCUT2D eigenvalue weighted by Gasteiger charge is 2.33. The number of benzene rings is 1. The topological polar surface area (TPSA) is 45.0 Å². The first-order valence-electron chi connectivity index (χ1n) is 8.03. The van der Waals surface area contributed by atoms with E-state index in [1.54, 1.807) is 0 Å². The molecule has 1 N–H and O–H groups in total. The van der Waals surface area contributed by atoms with Gasteiger partial charge in [-0.15, -0.1) is 0 Å². The van der Waals surface area contributed by atoms with Gasteiger partial charge >= 0.3 is 0 Å². The van der Waals surface area contributed by atoms with Crippen LogP contribution in [0.25, 0.3) is 0 Å². The Morgan fingerprint density at radius 1 is 1.29 bits per heavy atom. The molecule has 0 aromatic heterocycles. The van der Waals surface area contributed by atoms with Crippen LogP contribution in [0.1, 0.15) is 44.6 Å². The normalized spacial score (nSPS) is 25.0. The summed E-state index contributed by atoms with van der Waals surface area (Å²) in [6.45, 7) is 2.64. The summed E-state index contributed by atoms with van der Waals surface area (Å²) in [6, 6.07) is 12.3. The molecule has 1 aliphatic rings. The van der Waals surface area contributed by atoms with E-state index in [0.717, 1.165) is 18.4 Å². The molecule has 0 saturated heterocycles. The fraction of sp³-hybridized carbons (Fsp3) is 0.611. The molecule has 3 unspecified atom stereocenters. The van der Waals surface area contributed by atoms with Crippen LogP contribution in [0.2, 0.25) is 0 Å². The maximum absolute atomic E-state index is 9.69. The Morgan fingerprint density at radius 2 is 2.00 bits per heavy atom. The predicted octanol–water partition coefficient (Wildman–Crippen LogP) is 3.61. The predicted molar refractivity (Wildman–Crippen MR) is 84.8 cm³/mol. The molecule has 3 atom stereocenters. The van der Waals surface area contributed by atoms with Crippen molar-refractivity contribution in [2.24, 2.45) is 5.92 Å². The Labute approximate surface area is 128 Å². The van der Waals surface area contributed by atoms with Crippen molar-refractivity contribution in [1.29, 1.82) is 5.26 Å². The summed E-state index contributed by atoms with van der Waals surface area (Å²) in [6.07, 6.45) is 6.39. The minimum absolute atomic E-state index is 0.300. The third kappa shape index (κ3) is 3.64. The quantitative estimate of drug-likeness (QED) is 0.869. The lowest BCUT2D eigenvalue weighted by Crippen LogP contribution is -2.45. The highest BCUT2D eigenvalue weighted by atomic mass is 16.5. The van der Waals surface area contributed by atoms with Crippen LogP contribution in [0.5, 0.6) is 0 Å². The van der Waals surface area contributed by atoms with Crippen LogP contribution in [0, 0.1) is 17.2 Å². The van der Waals surface area contributed by atoms with Gasteiger partial charge in [-0.3, -0.25) is 5.32 Å². The largest absolute Gasteiger partial charge is 0.375 e. The maximum atomic E-state index is 9.69. The van der Waals surface area contributed by atoms with E-state index in [1.807, 2.05) is 37.4 Å². The molecule has 0 spiro atoms. The number of nitriles is 1. The van der Waals surface area contributed by atoms with Gasteiger partial charge in [0.15, 0.2) is 5.54 Å². The first kappa shape index (κ1) is 16.0. The third-order valence-electron chi connectivity index (χ3n) is 4.76. The first-order chi connectivity index (χ1) is 10.3. The summed E-state index contributed by atoms with van der Waals surface area (Å²) in [5.74, 6) is 0.641. The Morgan fingerprint density at radius 3 is 2.62 bits per heavy atom. The molecule has 3 nitrogen and oxygen atoms in total. The van der Waals surface area contributed by atoms with E-state index >= 15 is 0 Å². The minimum atomic E-state index is -0.753. The molecule has 1 aromatic carbocycles. The number of hydrogen-bond donors (Lipinski definition) is 1. The third-order valence-corrected chi connectivity index (χ3v) is 4.76. The number of hydrogen-bond acceptors (Lipinski definition) is 3. The van der Waals surface area contributed by atoms with E-state index in [-0.39, 0.29) is 0 Å². The van der Waals surface area contributed by atoms with Crippen molar-refractivity contribution in [2.75, 3.05) is 13.7 Å². The van der Waals surface area contributed by atoms with E-state index < -0.39 is 5.54 Å². The second-order valence-electron chi connectivity index (χ2n) is 5.94. The number of likely N-dealkylation sites (N-methyl/N-ethyl adjacent to an activating group) is 1. The molecule has 0 aliphatic heterocycles. The molecule has 1 aliphatic carbocycles. The van der Waals surface area contributed by atoms with Crippen molar-refractivity contribution in [3.63, 3.8) is 0 Å². The second kappa shape index (κ2) is 7.59. The van der Waals surface area contributed by atoms with Gasteiger partial charge in [-0.05, 0) is 31.4 Å². The van der Waals surface area contributed by atoms with Gasteiger partial charge in [-0.1, -0.05) is 56.5 Å². The van der Waals surface area contributed by atoms with Crippen molar-refractivity contribution in [2.45, 2.75) is 50.7 Å². The highest BCUT2D eigenvalue weighted by molar-refractivity contribution is 5.31. The molecule has 0 bridgehead atoms. The molecule has 1 saturated carbocycles. The summed E-state index contributed by atoms with van der Waals surface area (Å²) in [4.78, 5) is 0. The monoisotopic (exact) mass is 286 g/mol. The molecule has 2 rings (SSSR count). The average molecular weight is 286 g/mol. The van der Waals surface area contributed by atoms with Gasteiger partial charge in [0.05, 0.1) is 18.8 Å². The van der Waals surface area contributed by atoms with Crippen LogP contribution >= 0.6 is 0 Å². The smallest absolute Gasteiger partial charge is 0.155 e. The van der Waals surface area contributed by atoms with Gasteiger partial charge in [0.2, 0.25) is 0 Å². The van der Waals surface area contributed by atoms with E-state index in [4.69, 9.17) is 4.74 Å². The van der Waals surface area contributed by atoms with Crippen molar-refractivity contribution >= 4 is 0 Å². The number of ether oxygens (including phenoxy) is 1. The number of nitrogens with zero attached hydrogens (tertiary/aromatic N) is 1. The average Bonchev–Trinajstić information content (AvgIpc) is 2.57. The Kier molecular flexibility index (Phi) is 5.78. The standard InChI is InChI=1S/C18H26N2O/c1-3-15-9-7-8-12-17(15)21-14-18(13-19,20-2)16-10-5-4-6-11-16/h4-6,10-11,15,17,20H,3,7-9,12,14H2,1-2H3. The number of nitrogens with one attached hydrogen (secondary N) is 1. The molecule has 1 aromatic rings. The fourth-order valence-electron chi connectivity index (χ4n) is 3.27. The zero-order valence-corrected chi connectivity index (χ0v) is 13.1. The van der Waals surface area contributed by atoms with Gasteiger partial charge in [0, 0.05) is 0 Å². The van der Waals surface area contributed by atoms with Crippen LogP contribution < -0.4 is 5.32 Å².